The molecule has 0 N–H and O–H groups in total. The molecule has 4 heteroatoms. The lowest BCUT2D eigenvalue weighted by molar-refractivity contribution is 1.08. The second-order valence-corrected chi connectivity index (χ2v) is 13.8. The van der Waals surface area contributed by atoms with E-state index >= 15 is 0 Å². The molecule has 0 aliphatic carbocycles. The predicted octanol–water partition coefficient (Wildman–Crippen LogP) is 12.9. The minimum absolute atomic E-state index is 0.635. The minimum atomic E-state index is 0.635. The van der Waals surface area contributed by atoms with E-state index in [9.17, 15) is 0 Å². The van der Waals surface area contributed by atoms with Crippen LogP contribution >= 0.6 is 0 Å². The molecule has 250 valence electrons. The van der Waals surface area contributed by atoms with Crippen LogP contribution in [0.2, 0.25) is 0 Å². The molecule has 0 saturated carbocycles. The van der Waals surface area contributed by atoms with Gasteiger partial charge in [0.1, 0.15) is 0 Å². The van der Waals surface area contributed by atoms with Crippen LogP contribution in [0.25, 0.3) is 110 Å². The largest absolute Gasteiger partial charge is 0.247 e. The molecule has 0 bridgehead atoms. The highest BCUT2D eigenvalue weighted by molar-refractivity contribution is 6.28. The Bertz CT molecular complexity index is 3150. The average molecular weight is 687 g/mol. The average Bonchev–Trinajstić information content (AvgIpc) is 3.25. The number of hydrogen-bond acceptors (Lipinski definition) is 4. The van der Waals surface area contributed by atoms with Gasteiger partial charge >= 0.3 is 0 Å². The molecule has 0 unspecified atom stereocenters. The van der Waals surface area contributed by atoms with Crippen LogP contribution in [0.15, 0.2) is 182 Å². The Balaban J connectivity index is 1.28. The third-order valence-electron chi connectivity index (χ3n) is 10.6. The second kappa shape index (κ2) is 12.1. The summed E-state index contributed by atoms with van der Waals surface area (Å²) >= 11 is 0. The molecule has 0 radical (unpaired) electrons. The van der Waals surface area contributed by atoms with Gasteiger partial charge in [0.05, 0.1) is 11.2 Å². The first kappa shape index (κ1) is 30.3. The van der Waals surface area contributed by atoms with Gasteiger partial charge in [0.25, 0.3) is 0 Å². The highest BCUT2D eigenvalue weighted by Gasteiger charge is 2.23. The van der Waals surface area contributed by atoms with E-state index in [1.807, 2.05) is 36.4 Å². The van der Waals surface area contributed by atoms with Crippen molar-refractivity contribution in [3.8, 4) is 45.4 Å². The standard InChI is InChI=1S/C50H30N4/c1-3-16-32(17-4-1)48-52-49(33-18-5-2-6-19-33)54-50(53-48)46-39-25-13-11-23-37(39)45(38-24-12-14-26-40(38)46)47-41-28-27-31-15-9-10-22-36(31)44(41)42-29-34-20-7-8-21-35(34)30-43(42)51-47/h1-30H. The Morgan fingerprint density at radius 2 is 0.741 bits per heavy atom. The zero-order chi connectivity index (χ0) is 35.6. The zero-order valence-corrected chi connectivity index (χ0v) is 29.1. The van der Waals surface area contributed by atoms with Crippen molar-refractivity contribution in [1.29, 1.82) is 0 Å². The Morgan fingerprint density at radius 1 is 0.278 bits per heavy atom. The minimum Gasteiger partial charge on any atom is -0.247 e. The van der Waals surface area contributed by atoms with Crippen molar-refractivity contribution in [1.82, 2.24) is 19.9 Å². The molecular weight excluding hydrogens is 657 g/mol. The summed E-state index contributed by atoms with van der Waals surface area (Å²) in [4.78, 5) is 21.0. The molecule has 0 spiro atoms. The number of fused-ring (bicyclic) bond motifs is 8. The van der Waals surface area contributed by atoms with Crippen LogP contribution in [0.4, 0.5) is 0 Å². The van der Waals surface area contributed by atoms with E-state index in [1.165, 1.54) is 26.9 Å². The first-order chi connectivity index (χ1) is 26.8. The molecule has 54 heavy (non-hydrogen) atoms. The van der Waals surface area contributed by atoms with E-state index in [-0.39, 0.29) is 0 Å². The van der Waals surface area contributed by atoms with Crippen molar-refractivity contribution >= 4 is 64.8 Å². The van der Waals surface area contributed by atoms with E-state index in [0.29, 0.717) is 17.5 Å². The van der Waals surface area contributed by atoms with Gasteiger partial charge in [-0.1, -0.05) is 170 Å². The summed E-state index contributed by atoms with van der Waals surface area (Å²) in [6.07, 6.45) is 0. The van der Waals surface area contributed by atoms with Crippen molar-refractivity contribution in [2.24, 2.45) is 0 Å². The maximum absolute atomic E-state index is 5.60. The highest BCUT2D eigenvalue weighted by Crippen LogP contribution is 2.46. The van der Waals surface area contributed by atoms with Gasteiger partial charge in [0.2, 0.25) is 0 Å². The smallest absolute Gasteiger partial charge is 0.165 e. The highest BCUT2D eigenvalue weighted by atomic mass is 15.0. The van der Waals surface area contributed by atoms with Crippen LogP contribution in [0, 0.1) is 0 Å². The summed E-state index contributed by atoms with van der Waals surface area (Å²) in [5.41, 5.74) is 5.89. The van der Waals surface area contributed by atoms with Crippen molar-refractivity contribution in [2.45, 2.75) is 0 Å². The van der Waals surface area contributed by atoms with E-state index in [0.717, 1.165) is 65.8 Å². The Kier molecular flexibility index (Phi) is 6.82. The molecule has 9 aromatic carbocycles. The van der Waals surface area contributed by atoms with Gasteiger partial charge in [-0.05, 0) is 55.2 Å². The Labute approximate surface area is 311 Å². The third kappa shape index (κ3) is 4.78. The summed E-state index contributed by atoms with van der Waals surface area (Å²) in [6, 6.07) is 63.9. The van der Waals surface area contributed by atoms with Crippen LogP contribution in [-0.4, -0.2) is 19.9 Å². The fraction of sp³-hybridized carbons (Fsp3) is 0. The lowest BCUT2D eigenvalue weighted by atomic mass is 9.87. The summed E-state index contributed by atoms with van der Waals surface area (Å²) in [6.45, 7) is 0. The summed E-state index contributed by atoms with van der Waals surface area (Å²) in [7, 11) is 0. The number of benzene rings is 9. The topological polar surface area (TPSA) is 51.6 Å². The van der Waals surface area contributed by atoms with Crippen molar-refractivity contribution in [2.75, 3.05) is 0 Å². The van der Waals surface area contributed by atoms with Gasteiger partial charge in [-0.2, -0.15) is 0 Å². The van der Waals surface area contributed by atoms with Gasteiger partial charge in [0, 0.05) is 38.4 Å². The molecule has 0 atom stereocenters. The molecule has 11 rings (SSSR count). The van der Waals surface area contributed by atoms with Gasteiger partial charge in [-0.3, -0.25) is 0 Å². The summed E-state index contributed by atoms with van der Waals surface area (Å²) in [5, 5.41) is 12.6. The van der Waals surface area contributed by atoms with E-state index in [1.54, 1.807) is 0 Å². The fourth-order valence-electron chi connectivity index (χ4n) is 8.20. The molecule has 0 saturated heterocycles. The Morgan fingerprint density at radius 3 is 1.33 bits per heavy atom. The number of nitrogens with zero attached hydrogens (tertiary/aromatic N) is 4. The SMILES string of the molecule is c1ccc(-c2nc(-c3ccccc3)nc(-c3c4ccccc4c(-c4nc5cc6ccccc6cc5c5c4ccc4ccccc45)c4ccccc34)n2)cc1. The van der Waals surface area contributed by atoms with E-state index in [2.05, 4.69) is 146 Å². The molecule has 0 aliphatic rings. The predicted molar refractivity (Wildman–Crippen MR) is 224 cm³/mol. The number of pyridine rings is 1. The number of rotatable bonds is 4. The molecule has 2 heterocycles. The lowest BCUT2D eigenvalue weighted by Crippen LogP contribution is -2.02. The normalized spacial score (nSPS) is 11.7. The first-order valence-corrected chi connectivity index (χ1v) is 18.2. The molecule has 2 aromatic heterocycles. The second-order valence-electron chi connectivity index (χ2n) is 13.8. The molecule has 4 nitrogen and oxygen atoms in total. The zero-order valence-electron chi connectivity index (χ0n) is 29.1. The van der Waals surface area contributed by atoms with Crippen LogP contribution in [0.3, 0.4) is 0 Å². The van der Waals surface area contributed by atoms with Gasteiger partial charge in [-0.15, -0.1) is 0 Å². The molecule has 0 aliphatic heterocycles. The van der Waals surface area contributed by atoms with Crippen molar-refractivity contribution < 1.29 is 0 Å². The van der Waals surface area contributed by atoms with Crippen LogP contribution in [0.1, 0.15) is 0 Å². The maximum atomic E-state index is 5.60. The van der Waals surface area contributed by atoms with Crippen molar-refractivity contribution in [3.63, 3.8) is 0 Å². The molecule has 0 fully saturated rings. The molecule has 11 aromatic rings. The summed E-state index contributed by atoms with van der Waals surface area (Å²) < 4.78 is 0. The van der Waals surface area contributed by atoms with E-state index in [4.69, 9.17) is 19.9 Å². The van der Waals surface area contributed by atoms with Crippen LogP contribution in [0.5, 0.6) is 0 Å². The third-order valence-corrected chi connectivity index (χ3v) is 10.6. The quantitative estimate of drug-likeness (QED) is 0.137. The molecule has 0 amide bonds. The van der Waals surface area contributed by atoms with Crippen LogP contribution < -0.4 is 0 Å². The van der Waals surface area contributed by atoms with Gasteiger partial charge in [0.15, 0.2) is 17.5 Å². The Hall–Kier alpha value is -7.30. The number of aromatic nitrogens is 4. The number of hydrogen-bond donors (Lipinski definition) is 0. The van der Waals surface area contributed by atoms with Gasteiger partial charge < -0.3 is 0 Å². The monoisotopic (exact) mass is 686 g/mol. The van der Waals surface area contributed by atoms with E-state index < -0.39 is 0 Å². The van der Waals surface area contributed by atoms with Gasteiger partial charge in [-0.25, -0.2) is 19.9 Å². The fourth-order valence-corrected chi connectivity index (χ4v) is 8.20. The summed E-state index contributed by atoms with van der Waals surface area (Å²) in [5.74, 6) is 1.91. The lowest BCUT2D eigenvalue weighted by Gasteiger charge is -2.19. The van der Waals surface area contributed by atoms with Crippen molar-refractivity contribution in [3.05, 3.63) is 182 Å². The first-order valence-electron chi connectivity index (χ1n) is 18.2. The van der Waals surface area contributed by atoms with Crippen LogP contribution in [-0.2, 0) is 0 Å². The molecular formula is C50H30N4. The maximum Gasteiger partial charge on any atom is 0.165 e.